The number of para-hydroxylation sites is 1. The summed E-state index contributed by atoms with van der Waals surface area (Å²) in [7, 11) is -2.98. The summed E-state index contributed by atoms with van der Waals surface area (Å²) in [6, 6.07) is 5.93. The van der Waals surface area contributed by atoms with Crippen molar-refractivity contribution in [3.8, 4) is 5.75 Å². The molecule has 2 heterocycles. The van der Waals surface area contributed by atoms with Gasteiger partial charge in [-0.3, -0.25) is 14.3 Å². The maximum absolute atomic E-state index is 15.7. The van der Waals surface area contributed by atoms with Crippen molar-refractivity contribution in [1.82, 2.24) is 9.55 Å². The molecule has 38 heavy (non-hydrogen) atoms. The average Bonchev–Trinajstić information content (AvgIpc) is 3.09. The topological polar surface area (TPSA) is 164 Å². The lowest BCUT2D eigenvalue weighted by Crippen LogP contribution is -2.46. The summed E-state index contributed by atoms with van der Waals surface area (Å²) in [6.07, 6.45) is -4.67. The van der Waals surface area contributed by atoms with Gasteiger partial charge in [0.1, 0.15) is 11.9 Å². The Morgan fingerprint density at radius 3 is 2.76 bits per heavy atom. The van der Waals surface area contributed by atoms with Gasteiger partial charge in [0, 0.05) is 12.3 Å². The number of hydrogen-bond acceptors (Lipinski definition) is 10. The highest BCUT2D eigenvalue weighted by atomic mass is 35.5. The Kier molecular flexibility index (Phi) is 10.2. The van der Waals surface area contributed by atoms with Gasteiger partial charge in [0.05, 0.1) is 11.6 Å². The quantitative estimate of drug-likeness (QED) is 0.177. The van der Waals surface area contributed by atoms with Gasteiger partial charge in [-0.05, 0) is 32.4 Å². The Morgan fingerprint density at radius 1 is 1.39 bits per heavy atom. The van der Waals surface area contributed by atoms with E-state index in [1.807, 2.05) is 11.9 Å². The number of unbranched alkanes of at least 4 members (excludes halogenated alkanes) is 1. The molecule has 0 spiro atoms. The van der Waals surface area contributed by atoms with Gasteiger partial charge in [-0.2, -0.15) is 0 Å². The number of H-pyrrole nitrogens is 1. The van der Waals surface area contributed by atoms with E-state index >= 15 is 4.39 Å². The van der Waals surface area contributed by atoms with Crippen LogP contribution in [0.5, 0.6) is 5.75 Å². The molecule has 208 valence electrons. The molecule has 2 unspecified atom stereocenters. The number of aromatic amines is 1. The number of aromatic nitrogens is 2. The van der Waals surface area contributed by atoms with Crippen LogP contribution in [0, 0.1) is 0 Å². The van der Waals surface area contributed by atoms with Crippen LogP contribution in [0.2, 0.25) is 5.02 Å². The number of nitrogens with zero attached hydrogens (tertiary/aromatic N) is 2. The second kappa shape index (κ2) is 12.9. The van der Waals surface area contributed by atoms with Gasteiger partial charge in [0.25, 0.3) is 11.8 Å². The van der Waals surface area contributed by atoms with Crippen LogP contribution in [0.4, 0.5) is 4.39 Å². The summed E-state index contributed by atoms with van der Waals surface area (Å²) in [5, 5.41) is 11.0. The Morgan fingerprint density at radius 2 is 2.11 bits per heavy atom. The average molecular weight is 576 g/mol. The molecule has 0 bridgehead atoms. The van der Waals surface area contributed by atoms with Crippen molar-refractivity contribution in [3.05, 3.63) is 62.4 Å². The number of hydrogen-bond donors (Lipinski definition) is 2. The molecule has 1 fully saturated rings. The Balaban J connectivity index is 1.90. The molecule has 0 amide bonds. The molecule has 1 aromatic heterocycles. The molecule has 12 nitrogen and oxygen atoms in total. The number of ether oxygens (including phenoxy) is 3. The lowest BCUT2D eigenvalue weighted by atomic mass is 9.98. The van der Waals surface area contributed by atoms with Crippen LogP contribution >= 0.6 is 19.8 Å². The van der Waals surface area contributed by atoms with Crippen molar-refractivity contribution in [2.24, 2.45) is 4.74 Å². The predicted molar refractivity (Wildman–Crippen MR) is 132 cm³/mol. The molecule has 1 aliphatic heterocycles. The largest absolute Gasteiger partial charge is 0.583 e. The summed E-state index contributed by atoms with van der Waals surface area (Å²) >= 11 is 6.16. The fourth-order valence-corrected chi connectivity index (χ4v) is 4.49. The van der Waals surface area contributed by atoms with Gasteiger partial charge in [0.15, 0.2) is 24.0 Å². The third-order valence-electron chi connectivity index (χ3n) is 5.66. The Bertz CT molecular complexity index is 1270. The first-order valence-electron chi connectivity index (χ1n) is 11.7. The molecule has 0 radical (unpaired) electrons. The lowest BCUT2D eigenvalue weighted by molar-refractivity contribution is -0.206. The van der Waals surface area contributed by atoms with E-state index in [4.69, 9.17) is 30.3 Å². The summed E-state index contributed by atoms with van der Waals surface area (Å²) in [6.45, 7) is 4.43. The minimum Gasteiger partial charge on any atom is -0.583 e. The molecule has 1 saturated heterocycles. The molecular weight excluding hydrogens is 548 g/mol. The number of alkyl halides is 1. The van der Waals surface area contributed by atoms with Crippen molar-refractivity contribution in [2.45, 2.75) is 70.0 Å². The van der Waals surface area contributed by atoms with E-state index in [1.54, 1.807) is 12.1 Å². The summed E-state index contributed by atoms with van der Waals surface area (Å²) < 4.78 is 42.1. The summed E-state index contributed by atoms with van der Waals surface area (Å²) in [4.78, 5) is 50.6. The monoisotopic (exact) mass is 575 g/mol. The highest BCUT2D eigenvalue weighted by molar-refractivity contribution is 7.33. The zero-order valence-electron chi connectivity index (χ0n) is 20.8. The molecule has 15 heteroatoms. The van der Waals surface area contributed by atoms with Crippen LogP contribution in [0.15, 0.2) is 50.9 Å². The van der Waals surface area contributed by atoms with Gasteiger partial charge < -0.3 is 24.2 Å². The van der Waals surface area contributed by atoms with Crippen molar-refractivity contribution < 1.29 is 37.9 Å². The predicted octanol–water partition coefficient (Wildman–Crippen LogP) is 2.19. The molecule has 1 aliphatic rings. The molecule has 2 aromatic rings. The van der Waals surface area contributed by atoms with Crippen molar-refractivity contribution >= 4 is 25.7 Å². The van der Waals surface area contributed by atoms with Gasteiger partial charge in [-0.15, -0.1) is 4.52 Å². The molecule has 0 aliphatic carbocycles. The van der Waals surface area contributed by atoms with Crippen LogP contribution in [0.25, 0.3) is 0 Å². The number of benzene rings is 1. The second-order valence-corrected chi connectivity index (χ2v) is 9.96. The van der Waals surface area contributed by atoms with Crippen LogP contribution in [-0.4, -0.2) is 57.4 Å². The van der Waals surface area contributed by atoms with E-state index < -0.39 is 61.8 Å². The van der Waals surface area contributed by atoms with Crippen LogP contribution in [-0.2, 0) is 18.8 Å². The van der Waals surface area contributed by atoms with Crippen molar-refractivity contribution in [3.63, 3.8) is 0 Å². The number of carbonyl (C=O) groups is 1. The number of rotatable bonds is 11. The third-order valence-corrected chi connectivity index (χ3v) is 6.89. The highest BCUT2D eigenvalue weighted by Crippen LogP contribution is 2.44. The summed E-state index contributed by atoms with van der Waals surface area (Å²) in [5.74, 6) is -0.699. The molecule has 0 saturated carbocycles. The Labute approximate surface area is 222 Å². The molecule has 2 N–H and O–H groups in total. The van der Waals surface area contributed by atoms with Gasteiger partial charge in [-0.25, -0.2) is 14.0 Å². The van der Waals surface area contributed by atoms with E-state index in [-0.39, 0.29) is 17.4 Å². The summed E-state index contributed by atoms with van der Waals surface area (Å²) in [5.41, 5.74) is -4.30. The fraction of sp³-hybridized carbons (Fsp3) is 0.522. The van der Waals surface area contributed by atoms with E-state index in [9.17, 15) is 24.4 Å². The minimum absolute atomic E-state index is 0.0237. The van der Waals surface area contributed by atoms with E-state index in [2.05, 4.69) is 4.74 Å². The maximum Gasteiger partial charge on any atom is 0.346 e. The lowest BCUT2D eigenvalue weighted by Gasteiger charge is -2.25. The van der Waals surface area contributed by atoms with Gasteiger partial charge in [0.2, 0.25) is 0 Å². The van der Waals surface area contributed by atoms with E-state index in [1.165, 1.54) is 19.1 Å². The van der Waals surface area contributed by atoms with Crippen LogP contribution in [0.1, 0.15) is 39.8 Å². The molecule has 7 atom stereocenters. The SMILES string of the molecule is CCCCOC(=O)[C@H](C)/N=[P+](\[O-])OC(Oc1ccccc1Cl)[C@@H]1O[C@@H](n2ccc(=O)[nH]c2=O)[C@](C)(F)[C@@H]1O. The number of halogens is 2. The highest BCUT2D eigenvalue weighted by Gasteiger charge is 2.59. The van der Waals surface area contributed by atoms with Crippen molar-refractivity contribution in [2.75, 3.05) is 6.61 Å². The first kappa shape index (κ1) is 29.9. The smallest absolute Gasteiger partial charge is 0.346 e. The van der Waals surface area contributed by atoms with Crippen molar-refractivity contribution in [1.29, 1.82) is 0 Å². The zero-order chi connectivity index (χ0) is 28.0. The number of esters is 1. The van der Waals surface area contributed by atoms with Crippen LogP contribution in [0.3, 0.4) is 0 Å². The first-order valence-corrected chi connectivity index (χ1v) is 13.2. The number of aliphatic hydroxyl groups is 1. The van der Waals surface area contributed by atoms with Gasteiger partial charge in [-0.1, -0.05) is 41.8 Å². The zero-order valence-corrected chi connectivity index (χ0v) is 22.4. The minimum atomic E-state index is -2.98. The first-order chi connectivity index (χ1) is 17.9. The van der Waals surface area contributed by atoms with E-state index in [0.29, 0.717) is 6.42 Å². The normalized spacial score (nSPS) is 25.1. The third kappa shape index (κ3) is 7.04. The molecular formula is C23H28ClFN3O9P. The molecule has 1 aromatic carbocycles. The van der Waals surface area contributed by atoms with E-state index in [0.717, 1.165) is 30.2 Å². The number of carbonyl (C=O) groups excluding carboxylic acids is 1. The standard InChI is InChI=1S/C23H28ClFN3O9P/c1-4-5-12-34-19(31)13(2)27-38(33)37-20(35-15-9-7-6-8-14(15)24)17-18(30)23(3,25)21(36-17)28-11-10-16(29)26-22(28)32/h6-11,13,17-18,20-21,30H,4-5,12H2,1-3H3,(H,26,29,32)/t13-,17+,18+,20?,21+,23+/m0/s1. The fourth-order valence-electron chi connectivity index (χ4n) is 3.54. The number of nitrogens with one attached hydrogen (secondary N) is 1. The molecule has 3 rings (SSSR count). The van der Waals surface area contributed by atoms with Gasteiger partial charge >= 0.3 is 19.8 Å². The van der Waals surface area contributed by atoms with Crippen LogP contribution < -0.4 is 20.9 Å². The second-order valence-electron chi connectivity index (χ2n) is 8.64. The maximum atomic E-state index is 15.7. The number of aliphatic hydroxyl groups excluding tert-OH is 1. The Hall–Kier alpha value is -2.67.